The number of nitrogens with two attached hydrogens (primary N) is 1. The summed E-state index contributed by atoms with van der Waals surface area (Å²) in [7, 11) is 4.71. The van der Waals surface area contributed by atoms with Crippen LogP contribution in [0.5, 0.6) is 17.2 Å². The van der Waals surface area contributed by atoms with E-state index in [2.05, 4.69) is 4.98 Å². The lowest BCUT2D eigenvalue weighted by atomic mass is 9.89. The summed E-state index contributed by atoms with van der Waals surface area (Å²) in [5, 5.41) is 14.6. The van der Waals surface area contributed by atoms with Crippen LogP contribution < -0.4 is 24.6 Å². The van der Waals surface area contributed by atoms with Crippen LogP contribution in [-0.4, -0.2) is 38.3 Å². The van der Waals surface area contributed by atoms with Gasteiger partial charge in [0.25, 0.3) is 0 Å². The number of carboxylic acid groups (broad SMARTS) is 1. The van der Waals surface area contributed by atoms with Gasteiger partial charge in [0.2, 0.25) is 0 Å². The molecule has 2 atom stereocenters. The summed E-state index contributed by atoms with van der Waals surface area (Å²) in [5.74, 6) is 0.620. The Morgan fingerprint density at radius 2 is 1.75 bits per heavy atom. The highest BCUT2D eigenvalue weighted by Gasteiger charge is 2.37. The average Bonchev–Trinajstić information content (AvgIpc) is 3.10. The zero-order chi connectivity index (χ0) is 19.8. The van der Waals surface area contributed by atoms with Gasteiger partial charge in [-0.1, -0.05) is 18.2 Å². The number of hydrogen-bond donors (Lipinski definition) is 2. The molecule has 0 saturated carbocycles. The fourth-order valence-corrected chi connectivity index (χ4v) is 4.04. The van der Waals surface area contributed by atoms with Crippen LogP contribution in [0.1, 0.15) is 22.9 Å². The van der Waals surface area contributed by atoms with E-state index in [4.69, 9.17) is 14.2 Å². The third-order valence-corrected chi connectivity index (χ3v) is 5.38. The smallest absolute Gasteiger partial charge is 0.164 e. The summed E-state index contributed by atoms with van der Waals surface area (Å²) in [6.07, 6.45) is 0.397. The van der Waals surface area contributed by atoms with Gasteiger partial charge in [0, 0.05) is 23.4 Å². The second kappa shape index (κ2) is 7.09. The minimum Gasteiger partial charge on any atom is -0.544 e. The Hall–Kier alpha value is -3.19. The lowest BCUT2D eigenvalue weighted by molar-refractivity contribution is -0.717. The molecule has 0 amide bonds. The molecule has 3 N–H and O–H groups in total. The topological polar surface area (TPSA) is 100 Å². The van der Waals surface area contributed by atoms with Gasteiger partial charge in [0.05, 0.1) is 38.6 Å². The number of carbonyl (C=O) groups excluding carboxylic acids is 1. The third kappa shape index (κ3) is 2.84. The van der Waals surface area contributed by atoms with E-state index in [1.807, 2.05) is 30.3 Å². The standard InChI is InChI=1S/C21H22N2O5/c1-26-16-10-18(28-3)17(27-2)9-13(16)20-19-12(8-15(23-20)21(24)25)11-6-4-5-7-14(11)22-19/h4-7,9-10,15,20,22-23H,8H2,1-3H3,(H,24,25)/t15-,20-/m0/s1. The number of aromatic nitrogens is 1. The third-order valence-electron chi connectivity index (χ3n) is 5.38. The molecule has 7 nitrogen and oxygen atoms in total. The van der Waals surface area contributed by atoms with Gasteiger partial charge < -0.3 is 34.4 Å². The summed E-state index contributed by atoms with van der Waals surface area (Å²) in [6, 6.07) is 10.5. The molecule has 0 aliphatic carbocycles. The molecule has 2 aromatic carbocycles. The predicted molar refractivity (Wildman–Crippen MR) is 101 cm³/mol. The van der Waals surface area contributed by atoms with Crippen LogP contribution in [0.3, 0.4) is 0 Å². The minimum absolute atomic E-state index is 0.311. The van der Waals surface area contributed by atoms with E-state index >= 15 is 0 Å². The normalized spacial score (nSPS) is 18.5. The van der Waals surface area contributed by atoms with Crippen molar-refractivity contribution in [1.29, 1.82) is 0 Å². The molecule has 1 aromatic heterocycles. The maximum absolute atomic E-state index is 11.7. The van der Waals surface area contributed by atoms with Crippen molar-refractivity contribution in [2.24, 2.45) is 0 Å². The van der Waals surface area contributed by atoms with Crippen molar-refractivity contribution < 1.29 is 29.4 Å². The maximum Gasteiger partial charge on any atom is 0.164 e. The number of H-pyrrole nitrogens is 1. The van der Waals surface area contributed by atoms with Crippen LogP contribution in [0, 0.1) is 0 Å². The van der Waals surface area contributed by atoms with Gasteiger partial charge in [-0.2, -0.15) is 0 Å². The number of para-hydroxylation sites is 1. The number of fused-ring (bicyclic) bond motifs is 3. The van der Waals surface area contributed by atoms with Crippen LogP contribution in [0.15, 0.2) is 36.4 Å². The van der Waals surface area contributed by atoms with Gasteiger partial charge in [-0.25, -0.2) is 0 Å². The van der Waals surface area contributed by atoms with Gasteiger partial charge in [-0.15, -0.1) is 0 Å². The number of ether oxygens (including phenoxy) is 3. The number of rotatable bonds is 5. The van der Waals surface area contributed by atoms with E-state index in [1.165, 1.54) is 0 Å². The van der Waals surface area contributed by atoms with E-state index in [0.717, 1.165) is 27.7 Å². The fraction of sp³-hybridized carbons (Fsp3) is 0.286. The molecule has 1 aliphatic heterocycles. The predicted octanol–water partition coefficient (Wildman–Crippen LogP) is 0.521. The van der Waals surface area contributed by atoms with E-state index in [1.54, 1.807) is 32.7 Å². The quantitative estimate of drug-likeness (QED) is 0.670. The van der Waals surface area contributed by atoms with Crippen molar-refractivity contribution >= 4 is 16.9 Å². The minimum atomic E-state index is -1.08. The van der Waals surface area contributed by atoms with Gasteiger partial charge in [-0.3, -0.25) is 0 Å². The molecule has 7 heteroatoms. The number of nitrogens with one attached hydrogen (secondary N) is 1. The van der Waals surface area contributed by atoms with Gasteiger partial charge in [0.1, 0.15) is 11.8 Å². The van der Waals surface area contributed by atoms with Crippen molar-refractivity contribution in [3.8, 4) is 17.2 Å². The molecule has 4 rings (SSSR count). The second-order valence-electron chi connectivity index (χ2n) is 6.81. The fourth-order valence-electron chi connectivity index (χ4n) is 4.04. The molecule has 1 aliphatic rings. The molecule has 0 radical (unpaired) electrons. The Bertz CT molecular complexity index is 1040. The zero-order valence-corrected chi connectivity index (χ0v) is 15.9. The van der Waals surface area contributed by atoms with Gasteiger partial charge in [0.15, 0.2) is 17.5 Å². The van der Waals surface area contributed by atoms with E-state index in [-0.39, 0.29) is 6.04 Å². The summed E-state index contributed by atoms with van der Waals surface area (Å²) < 4.78 is 16.4. The Kier molecular flexibility index (Phi) is 4.60. The molecule has 0 spiro atoms. The molecular weight excluding hydrogens is 360 g/mol. The van der Waals surface area contributed by atoms with Crippen LogP contribution in [0.4, 0.5) is 0 Å². The van der Waals surface area contributed by atoms with Crippen LogP contribution in [0.2, 0.25) is 0 Å². The molecule has 146 valence electrons. The molecule has 0 bridgehead atoms. The highest BCUT2D eigenvalue weighted by Crippen LogP contribution is 2.40. The van der Waals surface area contributed by atoms with Gasteiger partial charge in [-0.05, 0) is 17.7 Å². The first kappa shape index (κ1) is 18.2. The Labute approximate surface area is 162 Å². The lowest BCUT2D eigenvalue weighted by Gasteiger charge is -2.30. The largest absolute Gasteiger partial charge is 0.544 e. The Balaban J connectivity index is 1.93. The first-order valence-corrected chi connectivity index (χ1v) is 9.02. The highest BCUT2D eigenvalue weighted by molar-refractivity contribution is 5.86. The van der Waals surface area contributed by atoms with E-state index in [9.17, 15) is 9.90 Å². The monoisotopic (exact) mass is 382 g/mol. The van der Waals surface area contributed by atoms with Crippen LogP contribution >= 0.6 is 0 Å². The molecule has 28 heavy (non-hydrogen) atoms. The first-order valence-electron chi connectivity index (χ1n) is 9.02. The zero-order valence-electron chi connectivity index (χ0n) is 15.9. The summed E-state index contributed by atoms with van der Waals surface area (Å²) in [5.41, 5.74) is 3.74. The van der Waals surface area contributed by atoms with Crippen molar-refractivity contribution in [3.63, 3.8) is 0 Å². The number of aromatic amines is 1. The molecular formula is C21H22N2O5. The van der Waals surface area contributed by atoms with Crippen molar-refractivity contribution in [2.45, 2.75) is 18.5 Å². The molecule has 0 unspecified atom stereocenters. The number of benzene rings is 2. The molecule has 0 saturated heterocycles. The number of quaternary nitrogens is 1. The van der Waals surface area contributed by atoms with Crippen molar-refractivity contribution in [1.82, 2.24) is 4.98 Å². The van der Waals surface area contributed by atoms with E-state index < -0.39 is 12.0 Å². The lowest BCUT2D eigenvalue weighted by Crippen LogP contribution is -2.95. The highest BCUT2D eigenvalue weighted by atomic mass is 16.5. The number of carboxylic acids is 1. The average molecular weight is 382 g/mol. The molecule has 2 heterocycles. The second-order valence-corrected chi connectivity index (χ2v) is 6.81. The van der Waals surface area contributed by atoms with E-state index in [0.29, 0.717) is 23.7 Å². The Morgan fingerprint density at radius 3 is 2.43 bits per heavy atom. The van der Waals surface area contributed by atoms with Crippen molar-refractivity contribution in [2.75, 3.05) is 21.3 Å². The number of carbonyl (C=O) groups is 1. The Morgan fingerprint density at radius 1 is 1.07 bits per heavy atom. The number of methoxy groups -OCH3 is 3. The molecule has 0 fully saturated rings. The molecule has 3 aromatic rings. The SMILES string of the molecule is COc1cc(OC)c([C@@H]2[NH2+][C@H](C(=O)[O-])Cc3c2[nH]c2ccccc32)cc1OC. The summed E-state index contributed by atoms with van der Waals surface area (Å²) in [6.45, 7) is 0. The van der Waals surface area contributed by atoms with Gasteiger partial charge >= 0.3 is 0 Å². The first-order chi connectivity index (χ1) is 13.6. The maximum atomic E-state index is 11.7. The number of aliphatic carboxylic acids is 1. The summed E-state index contributed by atoms with van der Waals surface area (Å²) in [4.78, 5) is 15.2. The summed E-state index contributed by atoms with van der Waals surface area (Å²) >= 11 is 0. The van der Waals surface area contributed by atoms with Crippen LogP contribution in [-0.2, 0) is 11.2 Å². The van der Waals surface area contributed by atoms with Crippen LogP contribution in [0.25, 0.3) is 10.9 Å². The number of hydrogen-bond acceptors (Lipinski definition) is 5. The van der Waals surface area contributed by atoms with Crippen molar-refractivity contribution in [3.05, 3.63) is 53.2 Å².